The van der Waals surface area contributed by atoms with Crippen molar-refractivity contribution in [2.75, 3.05) is 0 Å². The molecule has 0 unspecified atom stereocenters. The summed E-state index contributed by atoms with van der Waals surface area (Å²) < 4.78 is 0. The fraction of sp³-hybridized carbons (Fsp3) is 0.692. The molecule has 15 heavy (non-hydrogen) atoms. The lowest BCUT2D eigenvalue weighted by atomic mass is 9.84. The molecule has 2 nitrogen and oxygen atoms in total. The zero-order valence-electron chi connectivity index (χ0n) is 9.63. The van der Waals surface area contributed by atoms with Crippen molar-refractivity contribution in [2.45, 2.75) is 51.6 Å². The van der Waals surface area contributed by atoms with Gasteiger partial charge in [-0.05, 0) is 37.8 Å². The Morgan fingerprint density at radius 1 is 1.40 bits per heavy atom. The number of rotatable bonds is 4. The van der Waals surface area contributed by atoms with Crippen LogP contribution in [0.2, 0.25) is 0 Å². The van der Waals surface area contributed by atoms with Crippen molar-refractivity contribution in [1.82, 2.24) is 10.3 Å². The molecule has 0 spiro atoms. The topological polar surface area (TPSA) is 27.8 Å². The highest BCUT2D eigenvalue weighted by atomic mass is 14.9. The van der Waals surface area contributed by atoms with Crippen molar-refractivity contribution < 1.29 is 0 Å². The van der Waals surface area contributed by atoms with Crippen LogP contribution < -0.4 is 5.32 Å². The minimum atomic E-state index is 0.661. The standard InChI is InChI=1S/C13H22N2/c1-11(12-6-3-2-4-7-12)15-10-13-8-5-9-14-13/h5,8-9,11-12,14-15H,2-4,6-7,10H2,1H3/t11-/m0/s1. The molecule has 1 aromatic rings. The zero-order chi connectivity index (χ0) is 10.5. The van der Waals surface area contributed by atoms with Gasteiger partial charge in [0.2, 0.25) is 0 Å². The highest BCUT2D eigenvalue weighted by Crippen LogP contribution is 2.26. The van der Waals surface area contributed by atoms with Crippen LogP contribution >= 0.6 is 0 Å². The Balaban J connectivity index is 1.74. The normalized spacial score (nSPS) is 20.3. The zero-order valence-corrected chi connectivity index (χ0v) is 9.63. The lowest BCUT2D eigenvalue weighted by Crippen LogP contribution is -2.34. The predicted molar refractivity (Wildman–Crippen MR) is 63.7 cm³/mol. The number of H-pyrrole nitrogens is 1. The summed E-state index contributed by atoms with van der Waals surface area (Å²) in [5, 5.41) is 3.62. The molecule has 0 amide bonds. The fourth-order valence-electron chi connectivity index (χ4n) is 2.55. The van der Waals surface area contributed by atoms with Gasteiger partial charge in [-0.1, -0.05) is 19.3 Å². The average molecular weight is 206 g/mol. The highest BCUT2D eigenvalue weighted by molar-refractivity contribution is 5.03. The Bertz CT molecular complexity index is 260. The Morgan fingerprint density at radius 3 is 2.87 bits per heavy atom. The summed E-state index contributed by atoms with van der Waals surface area (Å²) in [6.45, 7) is 3.31. The SMILES string of the molecule is C[C@H](NCc1ccc[nH]1)C1CCCCC1. The van der Waals surface area contributed by atoms with Gasteiger partial charge >= 0.3 is 0 Å². The molecule has 2 heteroatoms. The Morgan fingerprint density at radius 2 is 2.20 bits per heavy atom. The van der Waals surface area contributed by atoms with E-state index in [-0.39, 0.29) is 0 Å². The van der Waals surface area contributed by atoms with E-state index in [1.54, 1.807) is 0 Å². The quantitative estimate of drug-likeness (QED) is 0.778. The molecule has 0 saturated heterocycles. The summed E-state index contributed by atoms with van der Waals surface area (Å²) in [5.74, 6) is 0.897. The van der Waals surface area contributed by atoms with Crippen LogP contribution in [0.5, 0.6) is 0 Å². The van der Waals surface area contributed by atoms with Gasteiger partial charge in [-0.2, -0.15) is 0 Å². The van der Waals surface area contributed by atoms with Crippen LogP contribution in [0.3, 0.4) is 0 Å². The van der Waals surface area contributed by atoms with Crippen molar-refractivity contribution >= 4 is 0 Å². The van der Waals surface area contributed by atoms with Crippen LogP contribution in [0.25, 0.3) is 0 Å². The molecule has 1 heterocycles. The van der Waals surface area contributed by atoms with Gasteiger partial charge in [0.25, 0.3) is 0 Å². The lowest BCUT2D eigenvalue weighted by molar-refractivity contribution is 0.280. The van der Waals surface area contributed by atoms with Crippen molar-refractivity contribution in [1.29, 1.82) is 0 Å². The third kappa shape index (κ3) is 3.10. The predicted octanol–water partition coefficient (Wildman–Crippen LogP) is 3.07. The smallest absolute Gasteiger partial charge is 0.0359 e. The van der Waals surface area contributed by atoms with Gasteiger partial charge in [0.05, 0.1) is 0 Å². The Hall–Kier alpha value is -0.760. The summed E-state index contributed by atoms with van der Waals surface area (Å²) in [6.07, 6.45) is 9.12. The summed E-state index contributed by atoms with van der Waals surface area (Å²) in [6, 6.07) is 4.86. The van der Waals surface area contributed by atoms with Gasteiger partial charge in [-0.15, -0.1) is 0 Å². The van der Waals surface area contributed by atoms with Crippen molar-refractivity contribution in [3.8, 4) is 0 Å². The first kappa shape index (κ1) is 10.7. The summed E-state index contributed by atoms with van der Waals surface area (Å²) in [5.41, 5.74) is 1.29. The Labute approximate surface area is 92.5 Å². The second-order valence-corrected chi connectivity index (χ2v) is 4.76. The van der Waals surface area contributed by atoms with Crippen molar-refractivity contribution in [3.63, 3.8) is 0 Å². The third-order valence-electron chi connectivity index (χ3n) is 3.63. The number of hydrogen-bond donors (Lipinski definition) is 2. The number of aromatic nitrogens is 1. The second kappa shape index (κ2) is 5.36. The van der Waals surface area contributed by atoms with E-state index < -0.39 is 0 Å². The van der Waals surface area contributed by atoms with E-state index in [2.05, 4.69) is 29.4 Å². The molecule has 0 radical (unpaired) electrons. The molecule has 1 atom stereocenters. The monoisotopic (exact) mass is 206 g/mol. The maximum atomic E-state index is 3.62. The highest BCUT2D eigenvalue weighted by Gasteiger charge is 2.19. The maximum absolute atomic E-state index is 3.62. The van der Waals surface area contributed by atoms with Gasteiger partial charge in [0.15, 0.2) is 0 Å². The van der Waals surface area contributed by atoms with Gasteiger partial charge in [0.1, 0.15) is 0 Å². The number of hydrogen-bond acceptors (Lipinski definition) is 1. The van der Waals surface area contributed by atoms with Gasteiger partial charge in [-0.25, -0.2) is 0 Å². The van der Waals surface area contributed by atoms with E-state index in [1.165, 1.54) is 37.8 Å². The van der Waals surface area contributed by atoms with Crippen molar-refractivity contribution in [2.24, 2.45) is 5.92 Å². The summed E-state index contributed by atoms with van der Waals surface area (Å²) in [4.78, 5) is 3.23. The fourth-order valence-corrected chi connectivity index (χ4v) is 2.55. The Kier molecular flexibility index (Phi) is 3.84. The average Bonchev–Trinajstić information content (AvgIpc) is 2.80. The summed E-state index contributed by atoms with van der Waals surface area (Å²) >= 11 is 0. The van der Waals surface area contributed by atoms with E-state index in [1.807, 2.05) is 6.20 Å². The van der Waals surface area contributed by atoms with Crippen LogP contribution in [0.1, 0.15) is 44.7 Å². The molecule has 0 bridgehead atoms. The molecule has 1 fully saturated rings. The first-order valence-corrected chi connectivity index (χ1v) is 6.22. The second-order valence-electron chi connectivity index (χ2n) is 4.76. The molecule has 1 saturated carbocycles. The van der Waals surface area contributed by atoms with Crippen LogP contribution in [-0.2, 0) is 6.54 Å². The molecule has 1 aliphatic rings. The first-order chi connectivity index (χ1) is 7.36. The largest absolute Gasteiger partial charge is 0.364 e. The first-order valence-electron chi connectivity index (χ1n) is 6.22. The number of aromatic amines is 1. The van der Waals surface area contributed by atoms with E-state index in [0.29, 0.717) is 6.04 Å². The minimum absolute atomic E-state index is 0.661. The van der Waals surface area contributed by atoms with Crippen molar-refractivity contribution in [3.05, 3.63) is 24.0 Å². The van der Waals surface area contributed by atoms with E-state index in [0.717, 1.165) is 12.5 Å². The molecular formula is C13H22N2. The van der Waals surface area contributed by atoms with E-state index in [4.69, 9.17) is 0 Å². The third-order valence-corrected chi connectivity index (χ3v) is 3.63. The molecule has 84 valence electrons. The van der Waals surface area contributed by atoms with Crippen LogP contribution in [0.4, 0.5) is 0 Å². The molecule has 0 aromatic carbocycles. The summed E-state index contributed by atoms with van der Waals surface area (Å²) in [7, 11) is 0. The van der Waals surface area contributed by atoms with Gasteiger partial charge < -0.3 is 10.3 Å². The molecule has 2 rings (SSSR count). The van der Waals surface area contributed by atoms with Crippen LogP contribution in [-0.4, -0.2) is 11.0 Å². The van der Waals surface area contributed by atoms with Gasteiger partial charge in [0, 0.05) is 24.5 Å². The minimum Gasteiger partial charge on any atom is -0.364 e. The molecular weight excluding hydrogens is 184 g/mol. The van der Waals surface area contributed by atoms with Gasteiger partial charge in [-0.3, -0.25) is 0 Å². The van der Waals surface area contributed by atoms with E-state index in [9.17, 15) is 0 Å². The molecule has 0 aliphatic heterocycles. The maximum Gasteiger partial charge on any atom is 0.0359 e. The molecule has 2 N–H and O–H groups in total. The molecule has 1 aromatic heterocycles. The van der Waals surface area contributed by atoms with Crippen LogP contribution in [0, 0.1) is 5.92 Å². The number of nitrogens with one attached hydrogen (secondary N) is 2. The van der Waals surface area contributed by atoms with E-state index >= 15 is 0 Å². The lowest BCUT2D eigenvalue weighted by Gasteiger charge is -2.28. The molecule has 1 aliphatic carbocycles. The van der Waals surface area contributed by atoms with Crippen LogP contribution in [0.15, 0.2) is 18.3 Å².